The Balaban J connectivity index is 1.82. The minimum Gasteiger partial charge on any atom is -0.313 e. The summed E-state index contributed by atoms with van der Waals surface area (Å²) >= 11 is 1.76. The maximum atomic E-state index is 4.67. The van der Waals surface area contributed by atoms with E-state index in [1.54, 1.807) is 11.3 Å². The first-order chi connectivity index (χ1) is 10.2. The van der Waals surface area contributed by atoms with Crippen LogP contribution in [0.3, 0.4) is 0 Å². The molecule has 21 heavy (non-hydrogen) atoms. The number of nitrogens with one attached hydrogen (secondary N) is 1. The molecule has 0 radical (unpaired) electrons. The third-order valence-corrected chi connectivity index (χ3v) is 5.35. The highest BCUT2D eigenvalue weighted by Crippen LogP contribution is 2.51. The number of benzene rings is 1. The summed E-state index contributed by atoms with van der Waals surface area (Å²) < 4.78 is 0. The first-order valence-corrected chi connectivity index (χ1v) is 8.82. The van der Waals surface area contributed by atoms with Crippen LogP contribution < -0.4 is 5.32 Å². The van der Waals surface area contributed by atoms with Gasteiger partial charge in [0.05, 0.1) is 10.7 Å². The Morgan fingerprint density at radius 1 is 1.29 bits per heavy atom. The van der Waals surface area contributed by atoms with E-state index in [0.29, 0.717) is 11.5 Å². The largest absolute Gasteiger partial charge is 0.313 e. The van der Waals surface area contributed by atoms with Crippen LogP contribution in [0.2, 0.25) is 0 Å². The van der Waals surface area contributed by atoms with E-state index in [1.165, 1.54) is 35.5 Å². The van der Waals surface area contributed by atoms with Gasteiger partial charge in [-0.2, -0.15) is 0 Å². The second-order valence-electron chi connectivity index (χ2n) is 6.09. The van der Waals surface area contributed by atoms with Crippen molar-refractivity contribution >= 4 is 11.3 Å². The van der Waals surface area contributed by atoms with Gasteiger partial charge in [-0.15, -0.1) is 11.3 Å². The van der Waals surface area contributed by atoms with Crippen molar-refractivity contribution in [1.82, 2.24) is 10.3 Å². The summed E-state index contributed by atoms with van der Waals surface area (Å²) in [7, 11) is 0. The van der Waals surface area contributed by atoms with E-state index < -0.39 is 0 Å². The molecule has 1 unspecified atom stereocenters. The predicted octanol–water partition coefficient (Wildman–Crippen LogP) is 4.09. The fourth-order valence-electron chi connectivity index (χ4n) is 3.24. The van der Waals surface area contributed by atoms with Crippen molar-refractivity contribution < 1.29 is 0 Å². The molecule has 1 fully saturated rings. The summed E-state index contributed by atoms with van der Waals surface area (Å²) in [5.41, 5.74) is 3.06. The molecule has 1 aliphatic rings. The van der Waals surface area contributed by atoms with Crippen LogP contribution in [0.5, 0.6) is 0 Å². The second-order valence-corrected chi connectivity index (χ2v) is 7.15. The molecule has 3 rings (SSSR count). The Hall–Kier alpha value is -1.19. The third-order valence-electron chi connectivity index (χ3n) is 4.52. The van der Waals surface area contributed by atoms with Gasteiger partial charge in [-0.25, -0.2) is 4.98 Å². The molecule has 3 heteroatoms. The summed E-state index contributed by atoms with van der Waals surface area (Å²) in [6, 6.07) is 11.5. The minimum absolute atomic E-state index is 0.327. The van der Waals surface area contributed by atoms with E-state index in [0.717, 1.165) is 13.0 Å². The van der Waals surface area contributed by atoms with Crippen LogP contribution in [0.1, 0.15) is 42.5 Å². The molecule has 1 saturated carbocycles. The Bertz CT molecular complexity index is 572. The Morgan fingerprint density at radius 2 is 2.05 bits per heavy atom. The first-order valence-electron chi connectivity index (χ1n) is 7.94. The van der Waals surface area contributed by atoms with Crippen LogP contribution in [-0.4, -0.2) is 17.6 Å². The number of nitrogens with zero attached hydrogens (tertiary/aromatic N) is 1. The van der Waals surface area contributed by atoms with Gasteiger partial charge < -0.3 is 5.32 Å². The van der Waals surface area contributed by atoms with E-state index in [-0.39, 0.29) is 0 Å². The van der Waals surface area contributed by atoms with E-state index in [2.05, 4.69) is 59.9 Å². The zero-order valence-corrected chi connectivity index (χ0v) is 13.7. The molecule has 0 saturated heterocycles. The van der Waals surface area contributed by atoms with Gasteiger partial charge in [0.1, 0.15) is 0 Å². The van der Waals surface area contributed by atoms with Crippen molar-refractivity contribution in [2.24, 2.45) is 0 Å². The van der Waals surface area contributed by atoms with Gasteiger partial charge in [-0.05, 0) is 38.3 Å². The molecule has 0 aliphatic heterocycles. The lowest BCUT2D eigenvalue weighted by Gasteiger charge is -2.28. The lowest BCUT2D eigenvalue weighted by molar-refractivity contribution is 0.410. The third kappa shape index (κ3) is 3.19. The van der Waals surface area contributed by atoms with Gasteiger partial charge in [0.2, 0.25) is 0 Å². The zero-order valence-electron chi connectivity index (χ0n) is 12.9. The maximum absolute atomic E-state index is 4.67. The van der Waals surface area contributed by atoms with Crippen LogP contribution in [0.4, 0.5) is 0 Å². The van der Waals surface area contributed by atoms with Gasteiger partial charge >= 0.3 is 0 Å². The predicted molar refractivity (Wildman–Crippen MR) is 90.0 cm³/mol. The Kier molecular flexibility index (Phi) is 4.41. The molecule has 1 aliphatic carbocycles. The van der Waals surface area contributed by atoms with Crippen LogP contribution in [0.15, 0.2) is 35.7 Å². The molecule has 1 heterocycles. The van der Waals surface area contributed by atoms with Gasteiger partial charge in [-0.3, -0.25) is 0 Å². The topological polar surface area (TPSA) is 24.9 Å². The SMILES string of the molecule is CCCNC(Cc1csc(C)n1)C1(c2ccccc2)CC1. The van der Waals surface area contributed by atoms with E-state index in [9.17, 15) is 0 Å². The Morgan fingerprint density at radius 3 is 2.62 bits per heavy atom. The lowest BCUT2D eigenvalue weighted by atomic mass is 9.85. The van der Waals surface area contributed by atoms with Crippen molar-refractivity contribution in [3.8, 4) is 0 Å². The monoisotopic (exact) mass is 300 g/mol. The highest BCUT2D eigenvalue weighted by Gasteiger charge is 2.50. The summed E-state index contributed by atoms with van der Waals surface area (Å²) in [5, 5.41) is 7.18. The first kappa shape index (κ1) is 14.7. The quantitative estimate of drug-likeness (QED) is 0.833. The molecule has 0 spiro atoms. The van der Waals surface area contributed by atoms with Crippen molar-refractivity contribution in [3.63, 3.8) is 0 Å². The fraction of sp³-hybridized carbons (Fsp3) is 0.500. The number of aromatic nitrogens is 1. The van der Waals surface area contributed by atoms with E-state index in [4.69, 9.17) is 0 Å². The number of thiazole rings is 1. The molecular formula is C18H24N2S. The number of hydrogen-bond donors (Lipinski definition) is 1. The number of aryl methyl sites for hydroxylation is 1. The fourth-order valence-corrected chi connectivity index (χ4v) is 3.86. The average Bonchev–Trinajstić information content (AvgIpc) is 3.22. The summed E-state index contributed by atoms with van der Waals surface area (Å²) in [5.74, 6) is 0. The van der Waals surface area contributed by atoms with Crippen LogP contribution in [0.25, 0.3) is 0 Å². The summed E-state index contributed by atoms with van der Waals surface area (Å²) in [4.78, 5) is 4.67. The molecule has 2 nitrogen and oxygen atoms in total. The maximum Gasteiger partial charge on any atom is 0.0897 e. The van der Waals surface area contributed by atoms with E-state index >= 15 is 0 Å². The van der Waals surface area contributed by atoms with Gasteiger partial charge in [0, 0.05) is 23.3 Å². The minimum atomic E-state index is 0.327. The van der Waals surface area contributed by atoms with Crippen LogP contribution in [0, 0.1) is 6.92 Å². The lowest BCUT2D eigenvalue weighted by Crippen LogP contribution is -2.42. The smallest absolute Gasteiger partial charge is 0.0897 e. The molecule has 0 bridgehead atoms. The Labute approximate surface area is 131 Å². The second kappa shape index (κ2) is 6.29. The molecule has 1 N–H and O–H groups in total. The number of hydrogen-bond acceptors (Lipinski definition) is 3. The van der Waals surface area contributed by atoms with Crippen molar-refractivity contribution in [3.05, 3.63) is 52.0 Å². The van der Waals surface area contributed by atoms with Gasteiger partial charge in [-0.1, -0.05) is 37.3 Å². The van der Waals surface area contributed by atoms with E-state index in [1.807, 2.05) is 0 Å². The summed E-state index contributed by atoms with van der Waals surface area (Å²) in [6.07, 6.45) is 4.81. The van der Waals surface area contributed by atoms with Gasteiger partial charge in [0.25, 0.3) is 0 Å². The normalized spacial score (nSPS) is 17.6. The molecule has 0 amide bonds. The van der Waals surface area contributed by atoms with Crippen molar-refractivity contribution in [2.75, 3.05) is 6.54 Å². The highest BCUT2D eigenvalue weighted by atomic mass is 32.1. The average molecular weight is 300 g/mol. The summed E-state index contributed by atoms with van der Waals surface area (Å²) in [6.45, 7) is 5.41. The molecule has 2 aromatic rings. The molecular weight excluding hydrogens is 276 g/mol. The van der Waals surface area contributed by atoms with Crippen molar-refractivity contribution in [2.45, 2.75) is 51.0 Å². The molecule has 1 aromatic heterocycles. The van der Waals surface area contributed by atoms with Gasteiger partial charge in [0.15, 0.2) is 0 Å². The highest BCUT2D eigenvalue weighted by molar-refractivity contribution is 7.09. The zero-order chi connectivity index (χ0) is 14.7. The van der Waals surface area contributed by atoms with Crippen molar-refractivity contribution in [1.29, 1.82) is 0 Å². The molecule has 112 valence electrons. The standard InChI is InChI=1S/C18H24N2S/c1-3-11-19-17(12-16-13-21-14(2)20-16)18(9-10-18)15-7-5-4-6-8-15/h4-8,13,17,19H,3,9-12H2,1-2H3. The molecule has 1 aromatic carbocycles. The van der Waals surface area contributed by atoms with Crippen LogP contribution >= 0.6 is 11.3 Å². The number of rotatable bonds is 7. The van der Waals surface area contributed by atoms with Crippen LogP contribution in [-0.2, 0) is 11.8 Å². The molecule has 1 atom stereocenters.